The molecule has 0 amide bonds. The number of anilines is 3. The first-order valence-corrected chi connectivity index (χ1v) is 20.4. The summed E-state index contributed by atoms with van der Waals surface area (Å²) in [6.45, 7) is 0. The Balaban J connectivity index is 0.990. The first-order valence-electron chi connectivity index (χ1n) is 19.6. The second-order valence-electron chi connectivity index (χ2n) is 14.8. The molecule has 0 aliphatic heterocycles. The van der Waals surface area contributed by atoms with Crippen LogP contribution in [0, 0.1) is 12.1 Å². The van der Waals surface area contributed by atoms with Crippen molar-refractivity contribution in [2.45, 2.75) is 0 Å². The van der Waals surface area contributed by atoms with Crippen LogP contribution in [0.3, 0.4) is 0 Å². The van der Waals surface area contributed by atoms with E-state index in [0.717, 1.165) is 39.3 Å². The van der Waals surface area contributed by atoms with Gasteiger partial charge in [-0.2, -0.15) is 0 Å². The van der Waals surface area contributed by atoms with E-state index in [1.165, 1.54) is 64.0 Å². The van der Waals surface area contributed by atoms with Gasteiger partial charge in [-0.25, -0.2) is 0 Å². The summed E-state index contributed by atoms with van der Waals surface area (Å²) < 4.78 is 7.29. The summed E-state index contributed by atoms with van der Waals surface area (Å²) in [5.41, 5.74) is 12.6. The SMILES string of the molecule is c1ccc2c(c#1)c1ccccc1n2-c1ccc(-c2ccc(N(c3cccc(-n4c5ccccc5c5ccccc54)c3)c3cccc4sc5ccccc5c34)cc2)cc1. The lowest BCUT2D eigenvalue weighted by Gasteiger charge is -2.27. The first-order chi connectivity index (χ1) is 28.8. The fraction of sp³-hybridized carbons (Fsp3) is 0. The maximum absolute atomic E-state index is 3.35. The third-order valence-corrected chi connectivity index (χ3v) is 12.7. The summed E-state index contributed by atoms with van der Waals surface area (Å²) in [4.78, 5) is 2.43. The minimum absolute atomic E-state index is 1.09. The Labute approximate surface area is 339 Å². The molecule has 0 N–H and O–H groups in total. The van der Waals surface area contributed by atoms with Gasteiger partial charge in [-0.1, -0.05) is 121 Å². The summed E-state index contributed by atoms with van der Waals surface area (Å²) in [6, 6.07) is 79.0. The van der Waals surface area contributed by atoms with Gasteiger partial charge < -0.3 is 14.0 Å². The minimum atomic E-state index is 1.09. The van der Waals surface area contributed by atoms with Crippen molar-refractivity contribution in [2.24, 2.45) is 0 Å². The van der Waals surface area contributed by atoms with Crippen molar-refractivity contribution >= 4 is 92.2 Å². The topological polar surface area (TPSA) is 13.1 Å². The Kier molecular flexibility index (Phi) is 7.31. The van der Waals surface area contributed by atoms with Crippen molar-refractivity contribution in [2.75, 3.05) is 4.90 Å². The van der Waals surface area contributed by atoms with E-state index in [-0.39, 0.29) is 0 Å². The van der Waals surface area contributed by atoms with Crippen molar-refractivity contribution < 1.29 is 0 Å². The third kappa shape index (κ3) is 5.01. The number of fused-ring (bicyclic) bond motifs is 9. The molecule has 58 heavy (non-hydrogen) atoms. The van der Waals surface area contributed by atoms with E-state index in [9.17, 15) is 0 Å². The lowest BCUT2D eigenvalue weighted by molar-refractivity contribution is 1.17. The van der Waals surface area contributed by atoms with E-state index in [1.54, 1.807) is 0 Å². The Morgan fingerprint density at radius 2 is 1.00 bits per heavy atom. The highest BCUT2D eigenvalue weighted by Gasteiger charge is 2.20. The number of thiophene rings is 1. The lowest BCUT2D eigenvalue weighted by Crippen LogP contribution is -2.11. The second-order valence-corrected chi connectivity index (χ2v) is 15.9. The van der Waals surface area contributed by atoms with E-state index in [4.69, 9.17) is 0 Å². The third-order valence-electron chi connectivity index (χ3n) is 11.6. The van der Waals surface area contributed by atoms with Crippen LogP contribution in [0.1, 0.15) is 0 Å². The molecule has 0 saturated carbocycles. The monoisotopic (exact) mass is 755 g/mol. The van der Waals surface area contributed by atoms with Crippen LogP contribution in [-0.4, -0.2) is 9.13 Å². The molecule has 3 aromatic heterocycles. The van der Waals surface area contributed by atoms with Crippen LogP contribution < -0.4 is 4.90 Å². The molecule has 0 saturated heterocycles. The Morgan fingerprint density at radius 3 is 1.74 bits per heavy atom. The van der Waals surface area contributed by atoms with E-state index in [0.29, 0.717) is 0 Å². The van der Waals surface area contributed by atoms with Crippen molar-refractivity contribution in [3.63, 3.8) is 0 Å². The molecule has 12 aromatic rings. The summed E-state index contributed by atoms with van der Waals surface area (Å²) >= 11 is 1.85. The van der Waals surface area contributed by atoms with Gasteiger partial charge >= 0.3 is 0 Å². The smallest absolute Gasteiger partial charge is 0.0631 e. The van der Waals surface area contributed by atoms with Crippen molar-refractivity contribution in [3.8, 4) is 22.5 Å². The molecule has 4 heteroatoms. The normalized spacial score (nSPS) is 11.7. The number of para-hydroxylation sites is 3. The van der Waals surface area contributed by atoms with Gasteiger partial charge in [0.15, 0.2) is 0 Å². The average Bonchev–Trinajstić information content (AvgIpc) is 3.95. The first kappa shape index (κ1) is 32.6. The fourth-order valence-corrected chi connectivity index (χ4v) is 10.1. The number of aromatic nitrogens is 2. The molecule has 9 aromatic carbocycles. The molecule has 12 rings (SSSR count). The van der Waals surface area contributed by atoms with E-state index < -0.39 is 0 Å². The summed E-state index contributed by atoms with van der Waals surface area (Å²) in [7, 11) is 0. The number of nitrogens with zero attached hydrogens (tertiary/aromatic N) is 3. The van der Waals surface area contributed by atoms with Crippen molar-refractivity contribution in [3.05, 3.63) is 212 Å². The Morgan fingerprint density at radius 1 is 0.414 bits per heavy atom. The van der Waals surface area contributed by atoms with Crippen LogP contribution in [0.25, 0.3) is 86.3 Å². The highest BCUT2D eigenvalue weighted by Crippen LogP contribution is 2.46. The van der Waals surface area contributed by atoms with Gasteiger partial charge in [0.05, 0.1) is 33.1 Å². The molecular weight excluding hydrogens is 723 g/mol. The number of rotatable bonds is 6. The van der Waals surface area contributed by atoms with Gasteiger partial charge in [-0.15, -0.1) is 11.3 Å². The minimum Gasteiger partial charge on any atom is -0.310 e. The summed E-state index contributed by atoms with van der Waals surface area (Å²) in [5.74, 6) is 0. The largest absolute Gasteiger partial charge is 0.310 e. The zero-order chi connectivity index (χ0) is 38.2. The van der Waals surface area contributed by atoms with Crippen molar-refractivity contribution in [1.29, 1.82) is 0 Å². The molecule has 0 radical (unpaired) electrons. The molecule has 0 unspecified atom stereocenters. The molecule has 0 spiro atoms. The highest BCUT2D eigenvalue weighted by molar-refractivity contribution is 7.26. The van der Waals surface area contributed by atoms with Crippen LogP contribution in [0.15, 0.2) is 200 Å². The maximum atomic E-state index is 3.35. The Hall–Kier alpha value is -7.58. The predicted octanol–water partition coefficient (Wildman–Crippen LogP) is 15.0. The van der Waals surface area contributed by atoms with Gasteiger partial charge in [0.2, 0.25) is 0 Å². The second kappa shape index (κ2) is 13.0. The molecule has 0 bridgehead atoms. The number of benzene rings is 8. The molecule has 0 aliphatic carbocycles. The van der Waals surface area contributed by atoms with Crippen LogP contribution >= 0.6 is 11.3 Å². The van der Waals surface area contributed by atoms with Crippen molar-refractivity contribution in [1.82, 2.24) is 9.13 Å². The maximum Gasteiger partial charge on any atom is 0.0631 e. The molecule has 3 nitrogen and oxygen atoms in total. The molecule has 0 atom stereocenters. The molecule has 0 aliphatic rings. The molecule has 3 heterocycles. The fourth-order valence-electron chi connectivity index (χ4n) is 9.01. The van der Waals surface area contributed by atoms with Crippen LogP contribution in [0.4, 0.5) is 17.1 Å². The standard InChI is InChI=1S/C54H33N3S/c1-6-20-47-42(15-1)43-16-2-7-21-48(43)56(47)39-33-29-37(30-34-39)36-27-31-38(32-28-36)55(51-24-12-26-53-54(51)46-19-5-10-25-52(46)58-53)40-13-11-14-41(35-40)57-49-22-8-3-17-44(49)45-18-4-9-23-50(45)57/h1,3-15,17-35H. The summed E-state index contributed by atoms with van der Waals surface area (Å²) in [6.07, 6.45) is 0. The van der Waals surface area contributed by atoms with Crippen LogP contribution in [-0.2, 0) is 0 Å². The zero-order valence-electron chi connectivity index (χ0n) is 31.3. The van der Waals surface area contributed by atoms with Gasteiger partial charge in [0, 0.05) is 59.1 Å². The van der Waals surface area contributed by atoms with Gasteiger partial charge in [-0.3, -0.25) is 0 Å². The van der Waals surface area contributed by atoms with Gasteiger partial charge in [0.25, 0.3) is 0 Å². The van der Waals surface area contributed by atoms with E-state index >= 15 is 0 Å². The zero-order valence-corrected chi connectivity index (χ0v) is 32.1. The molecular formula is C54H33N3S. The van der Waals surface area contributed by atoms with Gasteiger partial charge in [0.1, 0.15) is 0 Å². The Bertz CT molecular complexity index is 3410. The quantitative estimate of drug-likeness (QED) is 0.165. The van der Waals surface area contributed by atoms with Crippen LogP contribution in [0.5, 0.6) is 0 Å². The number of hydrogen-bond acceptors (Lipinski definition) is 2. The predicted molar refractivity (Wildman–Crippen MR) is 246 cm³/mol. The molecule has 0 fully saturated rings. The molecule has 270 valence electrons. The van der Waals surface area contributed by atoms with Gasteiger partial charge in [-0.05, 0) is 102 Å². The highest BCUT2D eigenvalue weighted by atomic mass is 32.1. The van der Waals surface area contributed by atoms with E-state index in [2.05, 4.69) is 220 Å². The number of hydrogen-bond donors (Lipinski definition) is 0. The lowest BCUT2D eigenvalue weighted by atomic mass is 10.0. The van der Waals surface area contributed by atoms with Crippen LogP contribution in [0.2, 0.25) is 0 Å². The average molecular weight is 756 g/mol. The van der Waals surface area contributed by atoms with E-state index in [1.807, 2.05) is 17.4 Å². The summed E-state index contributed by atoms with van der Waals surface area (Å²) in [5, 5.41) is 7.33.